The van der Waals surface area contributed by atoms with Crippen LogP contribution in [0.5, 0.6) is 0 Å². The van der Waals surface area contributed by atoms with E-state index in [9.17, 15) is 18.0 Å². The minimum Gasteiger partial charge on any atom is -0.399 e. The molecule has 0 fully saturated rings. The number of hydrogen-bond acceptors (Lipinski definition) is 2. The van der Waals surface area contributed by atoms with Crippen LogP contribution < -0.4 is 11.1 Å². The van der Waals surface area contributed by atoms with Crippen molar-refractivity contribution in [1.82, 2.24) is 4.90 Å². The van der Waals surface area contributed by atoms with E-state index in [1.807, 2.05) is 0 Å². The Morgan fingerprint density at radius 3 is 2.26 bits per heavy atom. The van der Waals surface area contributed by atoms with E-state index in [2.05, 4.69) is 5.32 Å². The number of urea groups is 1. The van der Waals surface area contributed by atoms with E-state index in [4.69, 9.17) is 5.73 Å². The Morgan fingerprint density at radius 2 is 1.84 bits per heavy atom. The maximum Gasteiger partial charge on any atom is 0.406 e. The van der Waals surface area contributed by atoms with E-state index in [1.54, 1.807) is 12.1 Å². The van der Waals surface area contributed by atoms with Gasteiger partial charge >= 0.3 is 12.2 Å². The van der Waals surface area contributed by atoms with E-state index in [0.717, 1.165) is 4.90 Å². The number of halogens is 3. The fourth-order valence-electron chi connectivity index (χ4n) is 1.44. The van der Waals surface area contributed by atoms with Gasteiger partial charge in [0.1, 0.15) is 6.54 Å². The molecule has 0 aromatic heterocycles. The highest BCUT2D eigenvalue weighted by Crippen LogP contribution is 2.19. The number of alkyl halides is 3. The number of benzene rings is 1. The lowest BCUT2D eigenvalue weighted by molar-refractivity contribution is -0.142. The van der Waals surface area contributed by atoms with Crippen LogP contribution in [-0.2, 0) is 0 Å². The molecule has 7 heteroatoms. The Hall–Kier alpha value is -1.92. The molecular weight excluding hydrogens is 259 g/mol. The molecule has 2 amide bonds. The van der Waals surface area contributed by atoms with Gasteiger partial charge in [0.15, 0.2) is 0 Å². The van der Waals surface area contributed by atoms with E-state index in [1.165, 1.54) is 26.0 Å². The summed E-state index contributed by atoms with van der Waals surface area (Å²) in [4.78, 5) is 12.5. The summed E-state index contributed by atoms with van der Waals surface area (Å²) in [6.45, 7) is 1.76. The minimum atomic E-state index is -4.43. The highest BCUT2D eigenvalue weighted by molar-refractivity contribution is 5.89. The third-order valence-electron chi connectivity index (χ3n) is 2.40. The molecule has 1 aromatic rings. The first-order chi connectivity index (χ1) is 8.69. The molecule has 3 N–H and O–H groups in total. The van der Waals surface area contributed by atoms with Crippen molar-refractivity contribution in [2.24, 2.45) is 0 Å². The average molecular weight is 275 g/mol. The molecule has 0 heterocycles. The number of rotatable bonds is 3. The molecule has 0 unspecified atom stereocenters. The van der Waals surface area contributed by atoms with Crippen LogP contribution in [0, 0.1) is 0 Å². The molecule has 106 valence electrons. The molecular formula is C12H16F3N3O. The molecule has 19 heavy (non-hydrogen) atoms. The number of amides is 2. The normalized spacial score (nSPS) is 11.5. The number of nitrogens with two attached hydrogens (primary N) is 1. The summed E-state index contributed by atoms with van der Waals surface area (Å²) in [6.07, 6.45) is -4.43. The molecule has 0 aliphatic heterocycles. The van der Waals surface area contributed by atoms with Crippen LogP contribution in [0.1, 0.15) is 13.8 Å². The number of nitrogen functional groups attached to an aromatic ring is 1. The summed E-state index contributed by atoms with van der Waals surface area (Å²) in [7, 11) is 0. The second-order valence-electron chi connectivity index (χ2n) is 4.39. The van der Waals surface area contributed by atoms with Crippen molar-refractivity contribution < 1.29 is 18.0 Å². The first-order valence-corrected chi connectivity index (χ1v) is 5.69. The second kappa shape index (κ2) is 5.81. The number of hydrogen-bond donors (Lipinski definition) is 2. The van der Waals surface area contributed by atoms with Gasteiger partial charge in [0.2, 0.25) is 0 Å². The van der Waals surface area contributed by atoms with Crippen LogP contribution in [0.15, 0.2) is 24.3 Å². The summed E-state index contributed by atoms with van der Waals surface area (Å²) in [5.41, 5.74) is 6.38. The Balaban J connectivity index is 2.75. The largest absolute Gasteiger partial charge is 0.406 e. The predicted molar refractivity (Wildman–Crippen MR) is 67.8 cm³/mol. The van der Waals surface area contributed by atoms with Gasteiger partial charge in [-0.1, -0.05) is 0 Å². The zero-order valence-electron chi connectivity index (χ0n) is 10.7. The molecule has 1 rings (SSSR count). The molecule has 0 spiro atoms. The van der Waals surface area contributed by atoms with Crippen molar-refractivity contribution >= 4 is 17.4 Å². The number of nitrogens with one attached hydrogen (secondary N) is 1. The third-order valence-corrected chi connectivity index (χ3v) is 2.40. The molecule has 0 aliphatic carbocycles. The van der Waals surface area contributed by atoms with Crippen LogP contribution in [0.25, 0.3) is 0 Å². The van der Waals surface area contributed by atoms with E-state index in [0.29, 0.717) is 11.4 Å². The maximum absolute atomic E-state index is 12.4. The Kier molecular flexibility index (Phi) is 4.63. The maximum atomic E-state index is 12.4. The Bertz CT molecular complexity index is 429. The fraction of sp³-hybridized carbons (Fsp3) is 0.417. The molecule has 0 aliphatic rings. The van der Waals surface area contributed by atoms with E-state index >= 15 is 0 Å². The summed E-state index contributed by atoms with van der Waals surface area (Å²) in [6, 6.07) is 4.81. The topological polar surface area (TPSA) is 58.4 Å². The van der Waals surface area contributed by atoms with Crippen LogP contribution in [-0.4, -0.2) is 29.7 Å². The third kappa shape index (κ3) is 5.07. The molecule has 0 saturated carbocycles. The summed E-state index contributed by atoms with van der Waals surface area (Å²) in [5.74, 6) is 0. The molecule has 0 atom stereocenters. The van der Waals surface area contributed by atoms with Gasteiger partial charge in [0.25, 0.3) is 0 Å². The molecule has 0 radical (unpaired) electrons. The van der Waals surface area contributed by atoms with Crippen LogP contribution in [0.4, 0.5) is 29.3 Å². The molecule has 0 bridgehead atoms. The van der Waals surface area contributed by atoms with E-state index in [-0.39, 0.29) is 0 Å². The van der Waals surface area contributed by atoms with Crippen molar-refractivity contribution in [2.75, 3.05) is 17.6 Å². The monoisotopic (exact) mass is 275 g/mol. The van der Waals surface area contributed by atoms with Gasteiger partial charge in [-0.3, -0.25) is 0 Å². The zero-order valence-corrected chi connectivity index (χ0v) is 10.7. The SMILES string of the molecule is CC(C)N(CC(F)(F)F)C(=O)Nc1ccc(N)cc1. The number of anilines is 2. The standard InChI is InChI=1S/C12H16F3N3O/c1-8(2)18(7-12(13,14)15)11(19)17-10-5-3-9(16)4-6-10/h3-6,8H,7,16H2,1-2H3,(H,17,19). The molecule has 4 nitrogen and oxygen atoms in total. The van der Waals surface area contributed by atoms with Crippen molar-refractivity contribution in [3.05, 3.63) is 24.3 Å². The van der Waals surface area contributed by atoms with Crippen LogP contribution in [0.2, 0.25) is 0 Å². The van der Waals surface area contributed by atoms with Gasteiger partial charge in [0, 0.05) is 17.4 Å². The summed E-state index contributed by atoms with van der Waals surface area (Å²) in [5, 5.41) is 2.40. The van der Waals surface area contributed by atoms with Crippen LogP contribution in [0.3, 0.4) is 0 Å². The van der Waals surface area contributed by atoms with Gasteiger partial charge in [-0.2, -0.15) is 13.2 Å². The lowest BCUT2D eigenvalue weighted by Gasteiger charge is -2.27. The fourth-order valence-corrected chi connectivity index (χ4v) is 1.44. The van der Waals surface area contributed by atoms with Gasteiger partial charge < -0.3 is 16.0 Å². The van der Waals surface area contributed by atoms with Crippen LogP contribution >= 0.6 is 0 Å². The number of carbonyl (C=O) groups is 1. The predicted octanol–water partition coefficient (Wildman–Crippen LogP) is 3.07. The van der Waals surface area contributed by atoms with Gasteiger partial charge in [-0.05, 0) is 38.1 Å². The van der Waals surface area contributed by atoms with Gasteiger partial charge in [0.05, 0.1) is 0 Å². The van der Waals surface area contributed by atoms with E-state index < -0.39 is 24.8 Å². The van der Waals surface area contributed by atoms with Gasteiger partial charge in [-0.15, -0.1) is 0 Å². The quantitative estimate of drug-likeness (QED) is 0.833. The average Bonchev–Trinajstić information content (AvgIpc) is 2.27. The minimum absolute atomic E-state index is 0.395. The van der Waals surface area contributed by atoms with Crippen molar-refractivity contribution in [1.29, 1.82) is 0 Å². The van der Waals surface area contributed by atoms with Crippen molar-refractivity contribution in [3.8, 4) is 0 Å². The van der Waals surface area contributed by atoms with Crippen molar-refractivity contribution in [3.63, 3.8) is 0 Å². The highest BCUT2D eigenvalue weighted by Gasteiger charge is 2.34. The lowest BCUT2D eigenvalue weighted by atomic mass is 10.3. The second-order valence-corrected chi connectivity index (χ2v) is 4.39. The van der Waals surface area contributed by atoms with Gasteiger partial charge in [-0.25, -0.2) is 4.79 Å². The summed E-state index contributed by atoms with van der Waals surface area (Å²) < 4.78 is 37.1. The smallest absolute Gasteiger partial charge is 0.399 e. The first kappa shape index (κ1) is 15.1. The molecule has 0 saturated heterocycles. The molecule has 1 aromatic carbocycles. The number of carbonyl (C=O) groups excluding carboxylic acids is 1. The number of nitrogens with zero attached hydrogens (tertiary/aromatic N) is 1. The van der Waals surface area contributed by atoms with Crippen molar-refractivity contribution in [2.45, 2.75) is 26.1 Å². The lowest BCUT2D eigenvalue weighted by Crippen LogP contribution is -2.45. The first-order valence-electron chi connectivity index (χ1n) is 5.69. The summed E-state index contributed by atoms with van der Waals surface area (Å²) >= 11 is 0. The zero-order chi connectivity index (χ0) is 14.6. The Morgan fingerprint density at radius 1 is 1.32 bits per heavy atom. The Labute approximate surface area is 109 Å². The highest BCUT2D eigenvalue weighted by atomic mass is 19.4.